The second-order valence-corrected chi connectivity index (χ2v) is 9.94. The third-order valence-corrected chi connectivity index (χ3v) is 7.01. The van der Waals surface area contributed by atoms with Gasteiger partial charge in [0.15, 0.2) is 0 Å². The van der Waals surface area contributed by atoms with Gasteiger partial charge in [-0.3, -0.25) is 14.4 Å². The molecule has 0 radical (unpaired) electrons. The van der Waals surface area contributed by atoms with Gasteiger partial charge in [0, 0.05) is 18.8 Å². The van der Waals surface area contributed by atoms with Crippen molar-refractivity contribution >= 4 is 33.4 Å². The average molecular weight is 495 g/mol. The Hall–Kier alpha value is -3.38. The summed E-state index contributed by atoms with van der Waals surface area (Å²) in [6.45, 7) is 3.24. The summed E-state index contributed by atoms with van der Waals surface area (Å²) in [7, 11) is -3.99. The Bertz CT molecular complexity index is 1200. The maximum absolute atomic E-state index is 13.9. The van der Waals surface area contributed by atoms with Crippen molar-refractivity contribution in [1.29, 1.82) is 0 Å². The standard InChI is InChI=1S/C22H24F2N4O5S/c1-13(2)20(27-21(30)19-16(23)7-4-8-17(19)24)22(31)26-14-5-3-6-15(11-14)34(32,33)28-10-9-25-18(29)12-28/h3-8,11,13,20H,9-10,12H2,1-2H3,(H,25,29)(H,26,31)(H,27,30)/t20-/m0/s1. The fourth-order valence-electron chi connectivity index (χ4n) is 3.39. The minimum absolute atomic E-state index is 0.110. The van der Waals surface area contributed by atoms with Crippen LogP contribution in [0.5, 0.6) is 0 Å². The molecule has 9 nitrogen and oxygen atoms in total. The minimum Gasteiger partial charge on any atom is -0.354 e. The number of rotatable bonds is 7. The molecule has 3 N–H and O–H groups in total. The molecule has 3 amide bonds. The molecule has 1 heterocycles. The SMILES string of the molecule is CC(C)[C@H](NC(=O)c1c(F)cccc1F)C(=O)Nc1cccc(S(=O)(=O)N2CCNC(=O)C2)c1. The second kappa shape index (κ2) is 10.3. The van der Waals surface area contributed by atoms with Crippen LogP contribution in [0.4, 0.5) is 14.5 Å². The molecule has 0 bridgehead atoms. The first-order valence-corrected chi connectivity index (χ1v) is 11.9. The average Bonchev–Trinajstić information content (AvgIpc) is 2.77. The number of nitrogens with one attached hydrogen (secondary N) is 3. The zero-order valence-electron chi connectivity index (χ0n) is 18.5. The fourth-order valence-corrected chi connectivity index (χ4v) is 4.83. The van der Waals surface area contributed by atoms with Crippen LogP contribution in [0.2, 0.25) is 0 Å². The number of nitrogens with zero attached hydrogens (tertiary/aromatic N) is 1. The summed E-state index contributed by atoms with van der Waals surface area (Å²) in [6, 6.07) is 7.25. The topological polar surface area (TPSA) is 125 Å². The number of carbonyl (C=O) groups excluding carboxylic acids is 3. The van der Waals surface area contributed by atoms with Gasteiger partial charge in [0.25, 0.3) is 5.91 Å². The molecule has 34 heavy (non-hydrogen) atoms. The molecule has 0 unspecified atom stereocenters. The minimum atomic E-state index is -3.99. The molecule has 0 aliphatic carbocycles. The monoisotopic (exact) mass is 494 g/mol. The van der Waals surface area contributed by atoms with Gasteiger partial charge < -0.3 is 16.0 Å². The van der Waals surface area contributed by atoms with E-state index in [2.05, 4.69) is 16.0 Å². The van der Waals surface area contributed by atoms with E-state index >= 15 is 0 Å². The number of benzene rings is 2. The molecule has 182 valence electrons. The van der Waals surface area contributed by atoms with Crippen LogP contribution in [0.15, 0.2) is 47.4 Å². The van der Waals surface area contributed by atoms with Gasteiger partial charge in [-0.25, -0.2) is 17.2 Å². The highest BCUT2D eigenvalue weighted by Gasteiger charge is 2.30. The van der Waals surface area contributed by atoms with Gasteiger partial charge >= 0.3 is 0 Å². The Morgan fingerprint density at radius 1 is 1.09 bits per heavy atom. The molecular formula is C22H24F2N4O5S. The van der Waals surface area contributed by atoms with Crippen LogP contribution in [0.25, 0.3) is 0 Å². The molecule has 0 aromatic heterocycles. The van der Waals surface area contributed by atoms with Crippen LogP contribution < -0.4 is 16.0 Å². The van der Waals surface area contributed by atoms with E-state index in [-0.39, 0.29) is 30.2 Å². The van der Waals surface area contributed by atoms with Gasteiger partial charge in [0.1, 0.15) is 23.2 Å². The van der Waals surface area contributed by atoms with Gasteiger partial charge in [0.2, 0.25) is 21.8 Å². The smallest absolute Gasteiger partial charge is 0.257 e. The van der Waals surface area contributed by atoms with Crippen molar-refractivity contribution in [3.8, 4) is 0 Å². The third-order valence-electron chi connectivity index (χ3n) is 5.17. The highest BCUT2D eigenvalue weighted by molar-refractivity contribution is 7.89. The lowest BCUT2D eigenvalue weighted by atomic mass is 10.0. The summed E-state index contributed by atoms with van der Waals surface area (Å²) in [4.78, 5) is 36.8. The molecule has 1 fully saturated rings. The number of anilines is 1. The Labute approximate surface area is 195 Å². The van der Waals surface area contributed by atoms with Crippen molar-refractivity contribution in [2.75, 3.05) is 25.0 Å². The van der Waals surface area contributed by atoms with Crippen LogP contribution in [0.1, 0.15) is 24.2 Å². The lowest BCUT2D eigenvalue weighted by Gasteiger charge is -2.26. The lowest BCUT2D eigenvalue weighted by molar-refractivity contribution is -0.122. The van der Waals surface area contributed by atoms with Crippen LogP contribution >= 0.6 is 0 Å². The second-order valence-electron chi connectivity index (χ2n) is 8.00. The van der Waals surface area contributed by atoms with E-state index < -0.39 is 56.9 Å². The summed E-state index contributed by atoms with van der Waals surface area (Å²) in [5.74, 6) is -4.80. The normalized spacial score (nSPS) is 15.5. The maximum atomic E-state index is 13.9. The quantitative estimate of drug-likeness (QED) is 0.538. The van der Waals surface area contributed by atoms with E-state index in [1.165, 1.54) is 24.3 Å². The van der Waals surface area contributed by atoms with E-state index in [0.29, 0.717) is 0 Å². The van der Waals surface area contributed by atoms with Gasteiger partial charge in [-0.2, -0.15) is 4.31 Å². The molecule has 1 aliphatic heterocycles. The summed E-state index contributed by atoms with van der Waals surface area (Å²) in [5, 5.41) is 7.41. The number of hydrogen-bond acceptors (Lipinski definition) is 5. The van der Waals surface area contributed by atoms with E-state index in [4.69, 9.17) is 0 Å². The molecule has 2 aromatic carbocycles. The molecule has 0 saturated carbocycles. The van der Waals surface area contributed by atoms with Crippen molar-refractivity contribution in [3.63, 3.8) is 0 Å². The largest absolute Gasteiger partial charge is 0.354 e. The zero-order valence-corrected chi connectivity index (χ0v) is 19.3. The predicted octanol–water partition coefficient (Wildman–Crippen LogP) is 1.48. The molecule has 1 aliphatic rings. The summed E-state index contributed by atoms with van der Waals surface area (Å²) < 4.78 is 54.7. The van der Waals surface area contributed by atoms with Crippen LogP contribution in [0.3, 0.4) is 0 Å². The van der Waals surface area contributed by atoms with E-state index in [9.17, 15) is 31.6 Å². The molecule has 2 aromatic rings. The van der Waals surface area contributed by atoms with Crippen LogP contribution in [0, 0.1) is 17.6 Å². The number of carbonyl (C=O) groups is 3. The maximum Gasteiger partial charge on any atom is 0.257 e. The van der Waals surface area contributed by atoms with Gasteiger partial charge in [0.05, 0.1) is 11.4 Å². The summed E-state index contributed by atoms with van der Waals surface area (Å²) in [6.07, 6.45) is 0. The highest BCUT2D eigenvalue weighted by atomic mass is 32.2. The summed E-state index contributed by atoms with van der Waals surface area (Å²) in [5.41, 5.74) is -0.677. The van der Waals surface area contributed by atoms with E-state index in [1.807, 2.05) is 0 Å². The number of hydrogen-bond donors (Lipinski definition) is 3. The van der Waals surface area contributed by atoms with Crippen molar-refractivity contribution in [1.82, 2.24) is 14.9 Å². The Morgan fingerprint density at radius 3 is 2.35 bits per heavy atom. The summed E-state index contributed by atoms with van der Waals surface area (Å²) >= 11 is 0. The Kier molecular flexibility index (Phi) is 7.62. The molecular weight excluding hydrogens is 470 g/mol. The van der Waals surface area contributed by atoms with Crippen molar-refractivity contribution in [2.24, 2.45) is 5.92 Å². The first-order chi connectivity index (χ1) is 16.0. The third kappa shape index (κ3) is 5.57. The Morgan fingerprint density at radius 2 is 1.74 bits per heavy atom. The zero-order chi connectivity index (χ0) is 25.0. The predicted molar refractivity (Wildman–Crippen MR) is 119 cm³/mol. The van der Waals surface area contributed by atoms with Gasteiger partial charge in [-0.05, 0) is 36.2 Å². The van der Waals surface area contributed by atoms with Crippen molar-refractivity contribution in [3.05, 3.63) is 59.7 Å². The fraction of sp³-hybridized carbons (Fsp3) is 0.318. The number of halogens is 2. The first kappa shape index (κ1) is 25.2. The van der Waals surface area contributed by atoms with Crippen LogP contribution in [-0.4, -0.2) is 56.1 Å². The molecule has 12 heteroatoms. The highest BCUT2D eigenvalue weighted by Crippen LogP contribution is 2.21. The van der Waals surface area contributed by atoms with E-state index in [0.717, 1.165) is 22.5 Å². The van der Waals surface area contributed by atoms with Crippen LogP contribution in [-0.2, 0) is 19.6 Å². The van der Waals surface area contributed by atoms with Gasteiger partial charge in [-0.15, -0.1) is 0 Å². The number of amides is 3. The van der Waals surface area contributed by atoms with Crippen molar-refractivity contribution < 1.29 is 31.6 Å². The molecule has 3 rings (SSSR count). The molecule has 1 atom stereocenters. The lowest BCUT2D eigenvalue weighted by Crippen LogP contribution is -2.49. The Balaban J connectivity index is 1.78. The molecule has 1 saturated heterocycles. The van der Waals surface area contributed by atoms with E-state index in [1.54, 1.807) is 13.8 Å². The molecule has 0 spiro atoms. The van der Waals surface area contributed by atoms with Crippen molar-refractivity contribution in [2.45, 2.75) is 24.8 Å². The first-order valence-electron chi connectivity index (χ1n) is 10.4. The number of piperazine rings is 1. The number of sulfonamides is 1. The van der Waals surface area contributed by atoms with Gasteiger partial charge in [-0.1, -0.05) is 26.0 Å².